The summed E-state index contributed by atoms with van der Waals surface area (Å²) in [4.78, 5) is 15.8. The highest BCUT2D eigenvalue weighted by atomic mass is 19.4. The minimum Gasteiger partial charge on any atom is -0.295 e. The maximum atomic E-state index is 13.8. The third-order valence-electron chi connectivity index (χ3n) is 9.63. The van der Waals surface area contributed by atoms with Gasteiger partial charge in [-0.3, -0.25) is 24.7 Å². The fraction of sp³-hybridized carbons (Fsp3) is 0.731. The van der Waals surface area contributed by atoms with E-state index in [0.717, 1.165) is 51.5 Å². The summed E-state index contributed by atoms with van der Waals surface area (Å²) in [6.45, 7) is 2.58. The van der Waals surface area contributed by atoms with Crippen LogP contribution in [0.5, 0.6) is 0 Å². The average Bonchev–Trinajstić information content (AvgIpc) is 3.43. The van der Waals surface area contributed by atoms with Crippen molar-refractivity contribution in [2.45, 2.75) is 63.3 Å². The molecule has 0 radical (unpaired) electrons. The lowest BCUT2D eigenvalue weighted by atomic mass is 9.61. The number of fused-ring (bicyclic) bond motifs is 1. The van der Waals surface area contributed by atoms with Crippen LogP contribution in [-0.2, 0) is 6.18 Å². The molecule has 0 aromatic carbocycles. The molecule has 2 aromatic heterocycles. The number of hydrazine groups is 2. The summed E-state index contributed by atoms with van der Waals surface area (Å²) in [5.74, 6) is 2.36. The van der Waals surface area contributed by atoms with Crippen molar-refractivity contribution in [2.75, 3.05) is 26.8 Å². The van der Waals surface area contributed by atoms with Crippen molar-refractivity contribution < 1.29 is 13.2 Å². The average molecular weight is 522 g/mol. The first-order valence-corrected chi connectivity index (χ1v) is 13.7. The highest BCUT2D eigenvalue weighted by Crippen LogP contribution is 2.50. The van der Waals surface area contributed by atoms with Gasteiger partial charge in [0.2, 0.25) is 0 Å². The maximum Gasteiger partial charge on any atom is 0.418 e. The zero-order valence-corrected chi connectivity index (χ0v) is 21.3. The van der Waals surface area contributed by atoms with Crippen LogP contribution >= 0.6 is 0 Å². The van der Waals surface area contributed by atoms with Crippen molar-refractivity contribution >= 4 is 5.52 Å². The van der Waals surface area contributed by atoms with E-state index < -0.39 is 11.7 Å². The van der Waals surface area contributed by atoms with Crippen molar-refractivity contribution in [3.63, 3.8) is 0 Å². The molecule has 4 heterocycles. The molecule has 4 aliphatic rings. The van der Waals surface area contributed by atoms with Crippen LogP contribution in [-0.4, -0.2) is 46.8 Å². The summed E-state index contributed by atoms with van der Waals surface area (Å²) in [6.07, 6.45) is 6.16. The number of halogens is 3. The van der Waals surface area contributed by atoms with Gasteiger partial charge in [-0.25, -0.2) is 15.6 Å². The molecule has 4 fully saturated rings. The van der Waals surface area contributed by atoms with Crippen LogP contribution < -0.4 is 27.4 Å². The normalized spacial score (nSPS) is 33.0. The number of nitrogens with zero attached hydrogens (tertiary/aromatic N) is 3. The first-order chi connectivity index (χ1) is 17.8. The van der Waals surface area contributed by atoms with Crippen molar-refractivity contribution in [1.29, 1.82) is 0 Å². The lowest BCUT2D eigenvalue weighted by Crippen LogP contribution is -2.52. The van der Waals surface area contributed by atoms with Crippen LogP contribution in [0.1, 0.15) is 56.6 Å². The van der Waals surface area contributed by atoms with E-state index in [1.165, 1.54) is 42.1 Å². The van der Waals surface area contributed by atoms with Gasteiger partial charge in [-0.1, -0.05) is 19.3 Å². The van der Waals surface area contributed by atoms with Gasteiger partial charge in [0.25, 0.3) is 0 Å². The van der Waals surface area contributed by atoms with Crippen LogP contribution in [0.25, 0.3) is 5.52 Å². The molecular weight excluding hydrogens is 483 g/mol. The molecule has 4 N–H and O–H groups in total. The fourth-order valence-electron chi connectivity index (χ4n) is 7.59. The lowest BCUT2D eigenvalue weighted by Gasteiger charge is -2.49. The van der Waals surface area contributed by atoms with Crippen molar-refractivity contribution in [3.05, 3.63) is 40.6 Å². The Labute approximate surface area is 214 Å². The van der Waals surface area contributed by atoms with E-state index in [-0.39, 0.29) is 23.4 Å². The molecule has 6 rings (SSSR count). The first-order valence-electron chi connectivity index (χ1n) is 13.7. The summed E-state index contributed by atoms with van der Waals surface area (Å²) in [5.41, 5.74) is 12.2. The summed E-state index contributed by atoms with van der Waals surface area (Å²) < 4.78 is 44.1. The third kappa shape index (κ3) is 4.73. The minimum absolute atomic E-state index is 0.0563. The van der Waals surface area contributed by atoms with Gasteiger partial charge < -0.3 is 0 Å². The molecule has 2 saturated heterocycles. The summed E-state index contributed by atoms with van der Waals surface area (Å²) in [6, 6.07) is 2.26. The number of pyridine rings is 1. The second-order valence-electron chi connectivity index (χ2n) is 11.7. The highest BCUT2D eigenvalue weighted by Gasteiger charge is 2.46. The molecule has 2 saturated carbocycles. The van der Waals surface area contributed by atoms with Gasteiger partial charge in [-0.2, -0.15) is 13.2 Å². The molecule has 0 amide bonds. The second kappa shape index (κ2) is 10.00. The topological polar surface area (TPSA) is 77.8 Å². The Bertz CT molecular complexity index is 1150. The Morgan fingerprint density at radius 3 is 2.51 bits per heavy atom. The number of rotatable bonds is 5. The highest BCUT2D eigenvalue weighted by molar-refractivity contribution is 5.55. The predicted molar refractivity (Wildman–Crippen MR) is 134 cm³/mol. The summed E-state index contributed by atoms with van der Waals surface area (Å²) in [5, 5.41) is 0. The smallest absolute Gasteiger partial charge is 0.295 e. The van der Waals surface area contributed by atoms with Gasteiger partial charge in [0.1, 0.15) is 0 Å². The van der Waals surface area contributed by atoms with Crippen LogP contribution in [0.3, 0.4) is 0 Å². The van der Waals surface area contributed by atoms with Gasteiger partial charge in [-0.05, 0) is 74.5 Å². The molecule has 11 heteroatoms. The number of hydrogen-bond donors (Lipinski definition) is 4. The Hall–Kier alpha value is -1.92. The Morgan fingerprint density at radius 2 is 1.86 bits per heavy atom. The number of imidazole rings is 1. The van der Waals surface area contributed by atoms with Gasteiger partial charge in [-0.15, -0.1) is 0 Å². The van der Waals surface area contributed by atoms with Gasteiger partial charge >= 0.3 is 11.9 Å². The van der Waals surface area contributed by atoms with Crippen molar-refractivity contribution in [2.24, 2.45) is 29.6 Å². The second-order valence-corrected chi connectivity index (χ2v) is 11.7. The molecule has 0 bridgehead atoms. The SMILES string of the molecule is CN1CNNC1[C@H](C1CCC1)C1CC(C2CCNNC2)CC(n2cc3c(C(F)(F)F)cccn3c2=O)C1. The number of hydrogen-bond acceptors (Lipinski definition) is 6. The van der Waals surface area contributed by atoms with Crippen LogP contribution in [0.4, 0.5) is 13.2 Å². The van der Waals surface area contributed by atoms with E-state index in [9.17, 15) is 18.0 Å². The van der Waals surface area contributed by atoms with Crippen LogP contribution in [0.2, 0.25) is 0 Å². The van der Waals surface area contributed by atoms with E-state index in [4.69, 9.17) is 0 Å². The van der Waals surface area contributed by atoms with Gasteiger partial charge in [0.15, 0.2) is 0 Å². The largest absolute Gasteiger partial charge is 0.418 e. The summed E-state index contributed by atoms with van der Waals surface area (Å²) in [7, 11) is 2.14. The Balaban J connectivity index is 1.38. The predicted octanol–water partition coefficient (Wildman–Crippen LogP) is 2.93. The molecule has 2 aromatic rings. The van der Waals surface area contributed by atoms with E-state index in [2.05, 4.69) is 33.7 Å². The number of nitrogens with one attached hydrogen (secondary N) is 4. The van der Waals surface area contributed by atoms with E-state index in [1.54, 1.807) is 4.57 Å². The standard InChI is InChI=1S/C26H38F3N7O/c1-34-15-32-33-24(34)23(16-4-2-5-16)19-10-18(17-7-8-30-31-13-17)11-20(12-19)36-14-22-21(26(27,28)29)6-3-9-35(22)25(36)37/h3,6,9,14,16-20,23-24,30-33H,2,4-5,7-8,10-13,15H2,1H3/t17?,18?,19?,20?,23-,24?/m1/s1. The van der Waals surface area contributed by atoms with E-state index in [1.807, 2.05) is 0 Å². The fourth-order valence-corrected chi connectivity index (χ4v) is 7.59. The van der Waals surface area contributed by atoms with E-state index >= 15 is 0 Å². The van der Waals surface area contributed by atoms with Crippen LogP contribution in [0, 0.1) is 29.6 Å². The summed E-state index contributed by atoms with van der Waals surface area (Å²) >= 11 is 0. The number of alkyl halides is 3. The van der Waals surface area contributed by atoms with Crippen molar-refractivity contribution in [1.82, 2.24) is 35.6 Å². The quantitative estimate of drug-likeness (QED) is 0.485. The molecule has 8 nitrogen and oxygen atoms in total. The zero-order valence-electron chi connectivity index (χ0n) is 21.3. The molecule has 2 aliphatic carbocycles. The van der Waals surface area contributed by atoms with Crippen molar-refractivity contribution in [3.8, 4) is 0 Å². The Morgan fingerprint density at radius 1 is 1.03 bits per heavy atom. The molecule has 204 valence electrons. The molecule has 0 spiro atoms. The Kier molecular flexibility index (Phi) is 6.85. The van der Waals surface area contributed by atoms with E-state index in [0.29, 0.717) is 29.6 Å². The third-order valence-corrected chi connectivity index (χ3v) is 9.63. The first kappa shape index (κ1) is 25.4. The molecular formula is C26H38F3N7O. The lowest BCUT2D eigenvalue weighted by molar-refractivity contribution is -0.136. The molecule has 5 unspecified atom stereocenters. The molecule has 6 atom stereocenters. The zero-order chi connectivity index (χ0) is 25.7. The van der Waals surface area contributed by atoms with Gasteiger partial charge in [0.05, 0.1) is 23.9 Å². The van der Waals surface area contributed by atoms with Crippen LogP contribution in [0.15, 0.2) is 29.3 Å². The number of aromatic nitrogens is 2. The van der Waals surface area contributed by atoms with Gasteiger partial charge in [0, 0.05) is 31.5 Å². The minimum atomic E-state index is -4.51. The molecule has 37 heavy (non-hydrogen) atoms. The monoisotopic (exact) mass is 521 g/mol. The molecule has 2 aliphatic heterocycles. The maximum absolute atomic E-state index is 13.8.